The quantitative estimate of drug-likeness (QED) is 0.747. The third-order valence-electron chi connectivity index (χ3n) is 4.78. The van der Waals surface area contributed by atoms with Crippen LogP contribution in [0.5, 0.6) is 0 Å². The second-order valence-corrected chi connectivity index (χ2v) is 6.18. The molecule has 0 N–H and O–H groups in total. The molecule has 4 rings (SSSR count). The maximum Gasteiger partial charge on any atom is 0.258 e. The highest BCUT2D eigenvalue weighted by Gasteiger charge is 2.53. The Kier molecular flexibility index (Phi) is 1.87. The van der Waals surface area contributed by atoms with Crippen LogP contribution in [0, 0.1) is 12.3 Å². The van der Waals surface area contributed by atoms with Crippen LogP contribution in [0.1, 0.15) is 37.3 Å². The number of rotatable bonds is 1. The topological polar surface area (TPSA) is 22.0 Å². The van der Waals surface area contributed by atoms with Gasteiger partial charge in [0.25, 0.3) is 5.56 Å². The summed E-state index contributed by atoms with van der Waals surface area (Å²) in [6, 6.07) is 8.65. The van der Waals surface area contributed by atoms with Gasteiger partial charge in [-0.15, -0.1) is 0 Å². The Morgan fingerprint density at radius 2 is 2.00 bits per heavy atom. The predicted molar refractivity (Wildman–Crippen MR) is 72.9 cm³/mol. The minimum Gasteiger partial charge on any atom is -0.312 e. The van der Waals surface area contributed by atoms with Gasteiger partial charge in [0.2, 0.25) is 0 Å². The number of aromatic nitrogens is 1. The standard InChI is InChI=1S/C16H17NO/c1-11-2-3-12-4-7-17(15(18)14(12)8-11)13-9-16(10-13)5-6-16/h2-4,7-8,13H,5-6,9-10H2,1H3. The van der Waals surface area contributed by atoms with Crippen LogP contribution in [0.3, 0.4) is 0 Å². The largest absolute Gasteiger partial charge is 0.312 e. The molecule has 2 aliphatic carbocycles. The first kappa shape index (κ1) is 10.4. The summed E-state index contributed by atoms with van der Waals surface area (Å²) in [6.45, 7) is 2.04. The van der Waals surface area contributed by atoms with Crippen molar-refractivity contribution < 1.29 is 0 Å². The van der Waals surface area contributed by atoms with Crippen molar-refractivity contribution >= 4 is 10.8 Å². The first-order chi connectivity index (χ1) is 8.67. The monoisotopic (exact) mass is 239 g/mol. The van der Waals surface area contributed by atoms with Crippen LogP contribution in [0.15, 0.2) is 35.3 Å². The van der Waals surface area contributed by atoms with Crippen molar-refractivity contribution in [1.82, 2.24) is 4.57 Å². The minimum atomic E-state index is 0.191. The average molecular weight is 239 g/mol. The van der Waals surface area contributed by atoms with E-state index >= 15 is 0 Å². The third kappa shape index (κ3) is 1.38. The fourth-order valence-electron chi connectivity index (χ4n) is 3.38. The number of benzene rings is 1. The lowest BCUT2D eigenvalue weighted by molar-refractivity contribution is 0.171. The summed E-state index contributed by atoms with van der Waals surface area (Å²) in [7, 11) is 0. The van der Waals surface area contributed by atoms with E-state index < -0.39 is 0 Å². The zero-order chi connectivity index (χ0) is 12.3. The molecule has 0 atom stereocenters. The second kappa shape index (κ2) is 3.25. The molecule has 2 aromatic rings. The molecule has 1 spiro atoms. The van der Waals surface area contributed by atoms with Crippen molar-refractivity contribution in [3.8, 4) is 0 Å². The van der Waals surface area contributed by atoms with Gasteiger partial charge in [0.15, 0.2) is 0 Å². The molecule has 2 heteroatoms. The molecular weight excluding hydrogens is 222 g/mol. The van der Waals surface area contributed by atoms with Gasteiger partial charge < -0.3 is 4.57 Å². The fraction of sp³-hybridized carbons (Fsp3) is 0.438. The molecule has 0 aliphatic heterocycles. The van der Waals surface area contributed by atoms with Gasteiger partial charge in [-0.3, -0.25) is 4.79 Å². The number of aryl methyl sites for hydroxylation is 1. The van der Waals surface area contributed by atoms with Crippen molar-refractivity contribution in [2.24, 2.45) is 5.41 Å². The molecule has 2 nitrogen and oxygen atoms in total. The molecule has 2 saturated carbocycles. The van der Waals surface area contributed by atoms with Crippen LogP contribution in [0.2, 0.25) is 0 Å². The van der Waals surface area contributed by atoms with E-state index in [0.717, 1.165) is 16.3 Å². The van der Waals surface area contributed by atoms with Crippen LogP contribution in [-0.4, -0.2) is 4.57 Å². The average Bonchev–Trinajstić information content (AvgIpc) is 3.09. The summed E-state index contributed by atoms with van der Waals surface area (Å²) >= 11 is 0. The van der Waals surface area contributed by atoms with Crippen LogP contribution >= 0.6 is 0 Å². The number of nitrogens with zero attached hydrogens (tertiary/aromatic N) is 1. The summed E-state index contributed by atoms with van der Waals surface area (Å²) in [4.78, 5) is 12.5. The van der Waals surface area contributed by atoms with Gasteiger partial charge in [0, 0.05) is 17.6 Å². The Morgan fingerprint density at radius 1 is 1.22 bits per heavy atom. The van der Waals surface area contributed by atoms with E-state index in [1.807, 2.05) is 29.8 Å². The SMILES string of the molecule is Cc1ccc2ccn(C3CC4(CC4)C3)c(=O)c2c1. The van der Waals surface area contributed by atoms with Gasteiger partial charge in [-0.25, -0.2) is 0 Å². The van der Waals surface area contributed by atoms with Crippen LogP contribution < -0.4 is 5.56 Å². The lowest BCUT2D eigenvalue weighted by Gasteiger charge is -2.37. The van der Waals surface area contributed by atoms with Crippen molar-refractivity contribution in [2.75, 3.05) is 0 Å². The molecule has 1 heterocycles. The second-order valence-electron chi connectivity index (χ2n) is 6.18. The van der Waals surface area contributed by atoms with Crippen molar-refractivity contribution in [3.63, 3.8) is 0 Å². The zero-order valence-corrected chi connectivity index (χ0v) is 10.6. The van der Waals surface area contributed by atoms with E-state index in [1.54, 1.807) is 0 Å². The summed E-state index contributed by atoms with van der Waals surface area (Å²) in [5, 5.41) is 1.93. The van der Waals surface area contributed by atoms with Crippen molar-refractivity contribution in [1.29, 1.82) is 0 Å². The maximum atomic E-state index is 12.5. The van der Waals surface area contributed by atoms with Crippen molar-refractivity contribution in [2.45, 2.75) is 38.6 Å². The lowest BCUT2D eigenvalue weighted by Crippen LogP contribution is -2.34. The van der Waals surface area contributed by atoms with E-state index in [1.165, 1.54) is 25.7 Å². The zero-order valence-electron chi connectivity index (χ0n) is 10.6. The Balaban J connectivity index is 1.82. The molecule has 92 valence electrons. The summed E-state index contributed by atoms with van der Waals surface area (Å²) in [5.74, 6) is 0. The van der Waals surface area contributed by atoms with E-state index in [9.17, 15) is 4.79 Å². The Bertz CT molecular complexity index is 686. The molecule has 0 saturated heterocycles. The van der Waals surface area contributed by atoms with E-state index in [4.69, 9.17) is 0 Å². The first-order valence-electron chi connectivity index (χ1n) is 6.78. The molecular formula is C16H17NO. The summed E-state index contributed by atoms with van der Waals surface area (Å²) < 4.78 is 1.96. The maximum absolute atomic E-state index is 12.5. The number of hydrogen-bond donors (Lipinski definition) is 0. The number of hydrogen-bond acceptors (Lipinski definition) is 1. The van der Waals surface area contributed by atoms with Gasteiger partial charge in [-0.05, 0) is 55.5 Å². The van der Waals surface area contributed by atoms with Gasteiger partial charge in [-0.2, -0.15) is 0 Å². The van der Waals surface area contributed by atoms with Crippen molar-refractivity contribution in [3.05, 3.63) is 46.4 Å². The number of fused-ring (bicyclic) bond motifs is 1. The molecule has 2 aliphatic rings. The highest BCUT2D eigenvalue weighted by atomic mass is 16.1. The van der Waals surface area contributed by atoms with Gasteiger partial charge >= 0.3 is 0 Å². The molecule has 1 aromatic carbocycles. The minimum absolute atomic E-state index is 0.191. The molecule has 18 heavy (non-hydrogen) atoms. The Hall–Kier alpha value is -1.57. The van der Waals surface area contributed by atoms with Gasteiger partial charge in [0.05, 0.1) is 0 Å². The van der Waals surface area contributed by atoms with Gasteiger partial charge in [-0.1, -0.05) is 17.7 Å². The smallest absolute Gasteiger partial charge is 0.258 e. The van der Waals surface area contributed by atoms with Crippen LogP contribution in [-0.2, 0) is 0 Å². The van der Waals surface area contributed by atoms with Crippen LogP contribution in [0.4, 0.5) is 0 Å². The highest BCUT2D eigenvalue weighted by Crippen LogP contribution is 2.64. The van der Waals surface area contributed by atoms with E-state index in [0.29, 0.717) is 11.5 Å². The fourth-order valence-corrected chi connectivity index (χ4v) is 3.38. The first-order valence-corrected chi connectivity index (χ1v) is 6.78. The highest BCUT2D eigenvalue weighted by molar-refractivity contribution is 5.82. The molecule has 1 aromatic heterocycles. The lowest BCUT2D eigenvalue weighted by atomic mass is 9.77. The Labute approximate surface area is 106 Å². The summed E-state index contributed by atoms with van der Waals surface area (Å²) in [6.07, 6.45) is 7.17. The number of pyridine rings is 1. The Morgan fingerprint density at radius 3 is 2.72 bits per heavy atom. The van der Waals surface area contributed by atoms with Crippen LogP contribution in [0.25, 0.3) is 10.8 Å². The van der Waals surface area contributed by atoms with Gasteiger partial charge in [0.1, 0.15) is 0 Å². The molecule has 0 unspecified atom stereocenters. The molecule has 0 radical (unpaired) electrons. The molecule has 0 amide bonds. The molecule has 2 fully saturated rings. The third-order valence-corrected chi connectivity index (χ3v) is 4.78. The predicted octanol–water partition coefficient (Wildman–Crippen LogP) is 3.43. The molecule has 0 bridgehead atoms. The van der Waals surface area contributed by atoms with E-state index in [2.05, 4.69) is 12.1 Å². The summed E-state index contributed by atoms with van der Waals surface area (Å²) in [5.41, 5.74) is 1.99. The normalized spacial score (nSPS) is 21.2. The van der Waals surface area contributed by atoms with E-state index in [-0.39, 0.29) is 5.56 Å².